The third kappa shape index (κ3) is 2.68. The van der Waals surface area contributed by atoms with Crippen LogP contribution in [0.15, 0.2) is 28.8 Å². The third-order valence-electron chi connectivity index (χ3n) is 4.12. The number of rotatable bonds is 4. The molecule has 6 nitrogen and oxygen atoms in total. The molecule has 0 unspecified atom stereocenters. The molecule has 1 heterocycles. The standard InChI is InChI=1S/C16H19N3O3/c1-11-17-15(19-22-11)16(9-3-4-10-16)18-14(20)12-5-7-13(21-2)8-6-12/h5-8H,3-4,9-10H2,1-2H3,(H,18,20). The zero-order valence-corrected chi connectivity index (χ0v) is 12.8. The van der Waals surface area contributed by atoms with Gasteiger partial charge in [0.25, 0.3) is 5.91 Å². The molecule has 1 fully saturated rings. The van der Waals surface area contributed by atoms with Crippen molar-refractivity contribution < 1.29 is 14.1 Å². The summed E-state index contributed by atoms with van der Waals surface area (Å²) < 4.78 is 10.2. The molecule has 116 valence electrons. The minimum atomic E-state index is -0.519. The van der Waals surface area contributed by atoms with Gasteiger partial charge in [-0.05, 0) is 37.1 Å². The summed E-state index contributed by atoms with van der Waals surface area (Å²) in [5, 5.41) is 7.13. The Morgan fingerprint density at radius 1 is 1.27 bits per heavy atom. The van der Waals surface area contributed by atoms with Crippen LogP contribution in [0.1, 0.15) is 47.8 Å². The molecule has 1 amide bonds. The quantitative estimate of drug-likeness (QED) is 0.939. The number of hydrogen-bond donors (Lipinski definition) is 1. The van der Waals surface area contributed by atoms with Crippen molar-refractivity contribution >= 4 is 5.91 Å². The Morgan fingerprint density at radius 2 is 1.95 bits per heavy atom. The van der Waals surface area contributed by atoms with Crippen LogP contribution in [0.3, 0.4) is 0 Å². The van der Waals surface area contributed by atoms with Crippen LogP contribution in [0.5, 0.6) is 5.75 Å². The Balaban J connectivity index is 1.83. The van der Waals surface area contributed by atoms with Crippen LogP contribution in [0, 0.1) is 6.92 Å². The van der Waals surface area contributed by atoms with Crippen LogP contribution in [-0.2, 0) is 5.54 Å². The van der Waals surface area contributed by atoms with Gasteiger partial charge in [0.05, 0.1) is 7.11 Å². The third-order valence-corrected chi connectivity index (χ3v) is 4.12. The number of nitrogens with zero attached hydrogens (tertiary/aromatic N) is 2. The van der Waals surface area contributed by atoms with Gasteiger partial charge < -0.3 is 14.6 Å². The van der Waals surface area contributed by atoms with E-state index in [-0.39, 0.29) is 5.91 Å². The molecule has 2 aromatic rings. The number of aryl methyl sites for hydroxylation is 1. The van der Waals surface area contributed by atoms with Crippen LogP contribution in [0.25, 0.3) is 0 Å². The number of benzene rings is 1. The predicted octanol–water partition coefficient (Wildman–Crippen LogP) is 2.59. The fourth-order valence-electron chi connectivity index (χ4n) is 2.91. The molecule has 1 aliphatic carbocycles. The maximum atomic E-state index is 12.5. The second kappa shape index (κ2) is 5.79. The number of aromatic nitrogens is 2. The zero-order chi connectivity index (χ0) is 15.6. The summed E-state index contributed by atoms with van der Waals surface area (Å²) in [7, 11) is 1.60. The van der Waals surface area contributed by atoms with Crippen molar-refractivity contribution in [1.82, 2.24) is 15.5 Å². The molecule has 0 atom stereocenters. The highest BCUT2D eigenvalue weighted by Gasteiger charge is 2.41. The normalized spacial score (nSPS) is 16.5. The predicted molar refractivity (Wildman–Crippen MR) is 79.6 cm³/mol. The topological polar surface area (TPSA) is 77.2 Å². The maximum absolute atomic E-state index is 12.5. The largest absolute Gasteiger partial charge is 0.497 e. The Bertz CT molecular complexity index is 658. The van der Waals surface area contributed by atoms with Crippen molar-refractivity contribution in [3.05, 3.63) is 41.5 Å². The second-order valence-corrected chi connectivity index (χ2v) is 5.61. The average Bonchev–Trinajstić information content (AvgIpc) is 3.17. The van der Waals surface area contributed by atoms with Gasteiger partial charge in [-0.15, -0.1) is 0 Å². The molecule has 0 spiro atoms. The molecule has 1 saturated carbocycles. The van der Waals surface area contributed by atoms with Gasteiger partial charge in [-0.2, -0.15) is 4.98 Å². The fourth-order valence-corrected chi connectivity index (χ4v) is 2.91. The van der Waals surface area contributed by atoms with Gasteiger partial charge in [-0.25, -0.2) is 0 Å². The first-order valence-corrected chi connectivity index (χ1v) is 7.40. The lowest BCUT2D eigenvalue weighted by molar-refractivity contribution is 0.0892. The van der Waals surface area contributed by atoms with Crippen molar-refractivity contribution in [2.24, 2.45) is 0 Å². The van der Waals surface area contributed by atoms with Crippen molar-refractivity contribution in [2.45, 2.75) is 38.1 Å². The first kappa shape index (κ1) is 14.6. The Morgan fingerprint density at radius 3 is 2.50 bits per heavy atom. The first-order chi connectivity index (χ1) is 10.6. The summed E-state index contributed by atoms with van der Waals surface area (Å²) in [4.78, 5) is 16.9. The zero-order valence-electron chi connectivity index (χ0n) is 12.8. The smallest absolute Gasteiger partial charge is 0.252 e. The Kier molecular flexibility index (Phi) is 3.83. The summed E-state index contributed by atoms with van der Waals surface area (Å²) in [6.45, 7) is 1.75. The maximum Gasteiger partial charge on any atom is 0.252 e. The van der Waals surface area contributed by atoms with E-state index in [1.165, 1.54) is 0 Å². The van der Waals surface area contributed by atoms with E-state index >= 15 is 0 Å². The summed E-state index contributed by atoms with van der Waals surface area (Å²) in [6.07, 6.45) is 3.73. The number of hydrogen-bond acceptors (Lipinski definition) is 5. The van der Waals surface area contributed by atoms with Gasteiger partial charge in [0.1, 0.15) is 11.3 Å². The molecular weight excluding hydrogens is 282 g/mol. The van der Waals surface area contributed by atoms with Crippen LogP contribution in [0.2, 0.25) is 0 Å². The SMILES string of the molecule is COc1ccc(C(=O)NC2(c3noc(C)n3)CCCC2)cc1. The molecule has 6 heteroatoms. The lowest BCUT2D eigenvalue weighted by atomic mass is 9.96. The van der Waals surface area contributed by atoms with Gasteiger partial charge in [0.15, 0.2) is 5.82 Å². The van der Waals surface area contributed by atoms with E-state index in [2.05, 4.69) is 15.5 Å². The molecule has 1 aromatic heterocycles. The van der Waals surface area contributed by atoms with Gasteiger partial charge in [0, 0.05) is 12.5 Å². The first-order valence-electron chi connectivity index (χ1n) is 7.40. The van der Waals surface area contributed by atoms with Gasteiger partial charge in [-0.3, -0.25) is 4.79 Å². The van der Waals surface area contributed by atoms with E-state index in [4.69, 9.17) is 9.26 Å². The lowest BCUT2D eigenvalue weighted by Gasteiger charge is -2.26. The molecule has 0 aliphatic heterocycles. The summed E-state index contributed by atoms with van der Waals surface area (Å²) in [5.41, 5.74) is 0.0710. The van der Waals surface area contributed by atoms with Crippen molar-refractivity contribution in [2.75, 3.05) is 7.11 Å². The Hall–Kier alpha value is -2.37. The minimum Gasteiger partial charge on any atom is -0.497 e. The molecule has 0 bridgehead atoms. The molecule has 22 heavy (non-hydrogen) atoms. The molecule has 1 N–H and O–H groups in total. The summed E-state index contributed by atoms with van der Waals surface area (Å²) in [6, 6.07) is 7.04. The molecule has 0 radical (unpaired) electrons. The minimum absolute atomic E-state index is 0.132. The van der Waals surface area contributed by atoms with E-state index in [9.17, 15) is 4.79 Å². The van der Waals surface area contributed by atoms with Gasteiger partial charge in [0.2, 0.25) is 5.89 Å². The number of amides is 1. The van der Waals surface area contributed by atoms with Crippen LogP contribution in [-0.4, -0.2) is 23.2 Å². The van der Waals surface area contributed by atoms with E-state index in [0.29, 0.717) is 17.3 Å². The van der Waals surface area contributed by atoms with E-state index < -0.39 is 5.54 Å². The monoisotopic (exact) mass is 301 g/mol. The number of nitrogens with one attached hydrogen (secondary N) is 1. The number of ether oxygens (including phenoxy) is 1. The molecular formula is C16H19N3O3. The molecule has 3 rings (SSSR count). The van der Waals surface area contributed by atoms with E-state index in [0.717, 1.165) is 31.4 Å². The highest BCUT2D eigenvalue weighted by molar-refractivity contribution is 5.94. The highest BCUT2D eigenvalue weighted by atomic mass is 16.5. The van der Waals surface area contributed by atoms with Crippen molar-refractivity contribution in [3.63, 3.8) is 0 Å². The van der Waals surface area contributed by atoms with E-state index in [1.807, 2.05) is 0 Å². The van der Waals surface area contributed by atoms with Crippen LogP contribution in [0.4, 0.5) is 0 Å². The van der Waals surface area contributed by atoms with E-state index in [1.54, 1.807) is 38.3 Å². The average molecular weight is 301 g/mol. The lowest BCUT2D eigenvalue weighted by Crippen LogP contribution is -2.44. The summed E-state index contributed by atoms with van der Waals surface area (Å²) >= 11 is 0. The van der Waals surface area contributed by atoms with Gasteiger partial charge in [-0.1, -0.05) is 18.0 Å². The number of carbonyl (C=O) groups excluding carboxylic acids is 1. The van der Waals surface area contributed by atoms with Crippen LogP contribution >= 0.6 is 0 Å². The van der Waals surface area contributed by atoms with Crippen molar-refractivity contribution in [3.8, 4) is 5.75 Å². The van der Waals surface area contributed by atoms with Crippen molar-refractivity contribution in [1.29, 1.82) is 0 Å². The second-order valence-electron chi connectivity index (χ2n) is 5.61. The highest BCUT2D eigenvalue weighted by Crippen LogP contribution is 2.37. The molecule has 1 aliphatic rings. The van der Waals surface area contributed by atoms with Gasteiger partial charge >= 0.3 is 0 Å². The number of carbonyl (C=O) groups is 1. The molecule has 1 aromatic carbocycles. The fraction of sp³-hybridized carbons (Fsp3) is 0.438. The van der Waals surface area contributed by atoms with Crippen LogP contribution < -0.4 is 10.1 Å². The number of methoxy groups -OCH3 is 1. The summed E-state index contributed by atoms with van der Waals surface area (Å²) in [5.74, 6) is 1.68. The Labute approximate surface area is 128 Å². The molecule has 0 saturated heterocycles.